The molecule has 0 aromatic carbocycles. The molecule has 138 valence electrons. The molecule has 0 aliphatic carbocycles. The average Bonchev–Trinajstić information content (AvgIpc) is 3.21. The summed E-state index contributed by atoms with van der Waals surface area (Å²) in [5.74, 6) is 1.75. The second-order valence-electron chi connectivity index (χ2n) is 7.23. The molecule has 8 nitrogen and oxygen atoms in total. The lowest BCUT2D eigenvalue weighted by Crippen LogP contribution is -2.49. The lowest BCUT2D eigenvalue weighted by atomic mass is 9.73. The minimum absolute atomic E-state index is 0.0977. The Morgan fingerprint density at radius 2 is 2.08 bits per heavy atom. The highest BCUT2D eigenvalue weighted by Gasteiger charge is 2.53. The van der Waals surface area contributed by atoms with Crippen molar-refractivity contribution in [3.8, 4) is 5.82 Å². The lowest BCUT2D eigenvalue weighted by molar-refractivity contribution is -0.138. The van der Waals surface area contributed by atoms with Crippen LogP contribution in [-0.2, 0) is 9.53 Å². The number of rotatable bonds is 3. The second kappa shape index (κ2) is 6.35. The number of fused-ring (bicyclic) bond motifs is 1. The van der Waals surface area contributed by atoms with E-state index in [-0.39, 0.29) is 11.8 Å². The zero-order chi connectivity index (χ0) is 18.3. The quantitative estimate of drug-likeness (QED) is 0.878. The molecule has 1 amide bonds. The van der Waals surface area contributed by atoms with Gasteiger partial charge in [0.1, 0.15) is 0 Å². The second-order valence-corrected chi connectivity index (χ2v) is 7.23. The number of nitrogens with one attached hydrogen (secondary N) is 1. The van der Waals surface area contributed by atoms with Crippen LogP contribution in [0.3, 0.4) is 0 Å². The standard InChI is InChI=1S/C18H24N6O2/c1-12-8-13(2)24(22-12)16-5-4-15(20-21-16)23-9-14-10-26-7-6-18(14,11-23)17(25)19-3/h4-5,8,14H,6-7,9-11H2,1-3H3,(H,19,25)/t14-,18+/m1/s1. The highest BCUT2D eigenvalue weighted by Crippen LogP contribution is 2.43. The molecule has 4 rings (SSSR count). The number of hydrogen-bond donors (Lipinski definition) is 1. The molecule has 8 heteroatoms. The van der Waals surface area contributed by atoms with Crippen LogP contribution < -0.4 is 10.2 Å². The van der Waals surface area contributed by atoms with Gasteiger partial charge >= 0.3 is 0 Å². The van der Waals surface area contributed by atoms with Gasteiger partial charge in [0.15, 0.2) is 11.6 Å². The van der Waals surface area contributed by atoms with Crippen molar-refractivity contribution in [2.75, 3.05) is 38.3 Å². The van der Waals surface area contributed by atoms with Crippen LogP contribution in [0, 0.1) is 25.2 Å². The predicted octanol–water partition coefficient (Wildman–Crippen LogP) is 0.868. The highest BCUT2D eigenvalue weighted by molar-refractivity contribution is 5.84. The van der Waals surface area contributed by atoms with Crippen molar-refractivity contribution >= 4 is 11.7 Å². The maximum absolute atomic E-state index is 12.6. The van der Waals surface area contributed by atoms with E-state index in [1.807, 2.05) is 32.0 Å². The van der Waals surface area contributed by atoms with E-state index in [9.17, 15) is 4.79 Å². The van der Waals surface area contributed by atoms with Crippen LogP contribution in [-0.4, -0.2) is 59.2 Å². The minimum atomic E-state index is -0.400. The molecule has 0 radical (unpaired) electrons. The van der Waals surface area contributed by atoms with Gasteiger partial charge in [0.25, 0.3) is 0 Å². The van der Waals surface area contributed by atoms with Crippen LogP contribution >= 0.6 is 0 Å². The van der Waals surface area contributed by atoms with E-state index in [4.69, 9.17) is 4.74 Å². The molecule has 2 fully saturated rings. The number of aryl methyl sites for hydroxylation is 2. The van der Waals surface area contributed by atoms with Crippen LogP contribution in [0.5, 0.6) is 0 Å². The smallest absolute Gasteiger partial charge is 0.228 e. The van der Waals surface area contributed by atoms with Crippen LogP contribution in [0.25, 0.3) is 5.82 Å². The molecule has 26 heavy (non-hydrogen) atoms. The van der Waals surface area contributed by atoms with Crippen molar-refractivity contribution in [3.05, 3.63) is 29.6 Å². The predicted molar refractivity (Wildman–Crippen MR) is 96.3 cm³/mol. The van der Waals surface area contributed by atoms with E-state index in [2.05, 4.69) is 25.5 Å². The van der Waals surface area contributed by atoms with Crippen LogP contribution in [0.15, 0.2) is 18.2 Å². The number of anilines is 1. The van der Waals surface area contributed by atoms with E-state index in [0.29, 0.717) is 25.6 Å². The summed E-state index contributed by atoms with van der Waals surface area (Å²) < 4.78 is 7.41. The first kappa shape index (κ1) is 17.0. The summed E-state index contributed by atoms with van der Waals surface area (Å²) in [6, 6.07) is 5.88. The highest BCUT2D eigenvalue weighted by atomic mass is 16.5. The molecular formula is C18H24N6O2. The molecule has 0 unspecified atom stereocenters. The zero-order valence-electron chi connectivity index (χ0n) is 15.4. The van der Waals surface area contributed by atoms with E-state index in [1.165, 1.54) is 0 Å². The number of nitrogens with zero attached hydrogens (tertiary/aromatic N) is 5. The van der Waals surface area contributed by atoms with Crippen molar-refractivity contribution < 1.29 is 9.53 Å². The third-order valence-electron chi connectivity index (χ3n) is 5.57. The van der Waals surface area contributed by atoms with Gasteiger partial charge in [-0.2, -0.15) is 5.10 Å². The van der Waals surface area contributed by atoms with E-state index in [1.54, 1.807) is 11.7 Å². The summed E-state index contributed by atoms with van der Waals surface area (Å²) in [4.78, 5) is 14.7. The molecule has 2 aromatic rings. The Balaban J connectivity index is 1.59. The monoisotopic (exact) mass is 356 g/mol. The summed E-state index contributed by atoms with van der Waals surface area (Å²) in [7, 11) is 1.70. The summed E-state index contributed by atoms with van der Waals surface area (Å²) in [5.41, 5.74) is 1.57. The van der Waals surface area contributed by atoms with Crippen molar-refractivity contribution in [1.82, 2.24) is 25.3 Å². The van der Waals surface area contributed by atoms with Gasteiger partial charge in [0, 0.05) is 38.4 Å². The Hall–Kier alpha value is -2.48. The molecular weight excluding hydrogens is 332 g/mol. The number of carbonyl (C=O) groups excluding carboxylic acids is 1. The van der Waals surface area contributed by atoms with Gasteiger partial charge in [0.2, 0.25) is 5.91 Å². The zero-order valence-corrected chi connectivity index (χ0v) is 15.4. The summed E-state index contributed by atoms with van der Waals surface area (Å²) in [6.07, 6.45) is 0.741. The summed E-state index contributed by atoms with van der Waals surface area (Å²) in [6.45, 7) is 6.59. The fraction of sp³-hybridized carbons (Fsp3) is 0.556. The van der Waals surface area contributed by atoms with E-state index < -0.39 is 5.41 Å². The Bertz CT molecular complexity index is 818. The molecule has 4 heterocycles. The molecule has 2 aromatic heterocycles. The van der Waals surface area contributed by atoms with E-state index >= 15 is 0 Å². The van der Waals surface area contributed by atoms with Crippen molar-refractivity contribution in [2.45, 2.75) is 20.3 Å². The first-order valence-corrected chi connectivity index (χ1v) is 8.96. The van der Waals surface area contributed by atoms with Crippen LogP contribution in [0.1, 0.15) is 17.8 Å². The first-order valence-electron chi connectivity index (χ1n) is 8.96. The molecule has 0 spiro atoms. The van der Waals surface area contributed by atoms with Crippen LogP contribution in [0.4, 0.5) is 5.82 Å². The molecule has 2 aliphatic rings. The van der Waals surface area contributed by atoms with Gasteiger partial charge in [-0.15, -0.1) is 10.2 Å². The van der Waals surface area contributed by atoms with Crippen molar-refractivity contribution in [3.63, 3.8) is 0 Å². The Morgan fingerprint density at radius 1 is 1.31 bits per heavy atom. The summed E-state index contributed by atoms with van der Waals surface area (Å²) >= 11 is 0. The minimum Gasteiger partial charge on any atom is -0.381 e. The third kappa shape index (κ3) is 2.65. The van der Waals surface area contributed by atoms with Crippen molar-refractivity contribution in [1.29, 1.82) is 0 Å². The van der Waals surface area contributed by atoms with Gasteiger partial charge < -0.3 is 15.0 Å². The fourth-order valence-electron chi connectivity index (χ4n) is 4.21. The van der Waals surface area contributed by atoms with E-state index in [0.717, 1.165) is 30.2 Å². The van der Waals surface area contributed by atoms with Crippen LogP contribution in [0.2, 0.25) is 0 Å². The maximum atomic E-state index is 12.6. The number of aromatic nitrogens is 4. The largest absolute Gasteiger partial charge is 0.381 e. The van der Waals surface area contributed by atoms with Gasteiger partial charge in [-0.25, -0.2) is 4.68 Å². The summed E-state index contributed by atoms with van der Waals surface area (Å²) in [5, 5.41) is 16.0. The molecule has 0 bridgehead atoms. The number of hydrogen-bond acceptors (Lipinski definition) is 6. The van der Waals surface area contributed by atoms with Gasteiger partial charge in [0.05, 0.1) is 17.7 Å². The van der Waals surface area contributed by atoms with Gasteiger partial charge in [-0.3, -0.25) is 4.79 Å². The number of amides is 1. The normalized spacial score (nSPS) is 25.2. The fourth-order valence-corrected chi connectivity index (χ4v) is 4.21. The Labute approximate surface area is 152 Å². The molecule has 0 saturated carbocycles. The maximum Gasteiger partial charge on any atom is 0.228 e. The van der Waals surface area contributed by atoms with Gasteiger partial charge in [-0.1, -0.05) is 0 Å². The lowest BCUT2D eigenvalue weighted by Gasteiger charge is -2.36. The number of carbonyl (C=O) groups is 1. The van der Waals surface area contributed by atoms with Crippen molar-refractivity contribution in [2.24, 2.45) is 11.3 Å². The molecule has 2 aliphatic heterocycles. The molecule has 2 saturated heterocycles. The Kier molecular flexibility index (Phi) is 4.14. The Morgan fingerprint density at radius 3 is 2.73 bits per heavy atom. The van der Waals surface area contributed by atoms with Gasteiger partial charge in [-0.05, 0) is 38.5 Å². The molecule has 1 N–H and O–H groups in total. The topological polar surface area (TPSA) is 85.2 Å². The number of ether oxygens (including phenoxy) is 1. The first-order chi connectivity index (χ1) is 12.5. The SMILES string of the molecule is CNC(=O)[C@]12CCOC[C@H]1CN(c1ccc(-n3nc(C)cc3C)nn1)C2. The average molecular weight is 356 g/mol. The third-order valence-corrected chi connectivity index (χ3v) is 5.57. The molecule has 2 atom stereocenters.